The minimum Gasteiger partial charge on any atom is -0.334 e. The number of amides is 4. The lowest BCUT2D eigenvalue weighted by molar-refractivity contribution is -0.141. The highest BCUT2D eigenvalue weighted by Gasteiger charge is 2.50. The number of hydrogen-bond donors (Lipinski definition) is 1. The lowest BCUT2D eigenvalue weighted by atomic mass is 9.90. The highest BCUT2D eigenvalue weighted by molar-refractivity contribution is 7.91. The second kappa shape index (κ2) is 8.74. The Hall–Kier alpha value is -2.42. The molecule has 0 bridgehead atoms. The summed E-state index contributed by atoms with van der Waals surface area (Å²) in [7, 11) is -3.17. The summed E-state index contributed by atoms with van der Waals surface area (Å²) < 4.78 is 24.1. The van der Waals surface area contributed by atoms with Crippen molar-refractivity contribution in [2.75, 3.05) is 18.1 Å². The zero-order chi connectivity index (χ0) is 24.0. The van der Waals surface area contributed by atoms with Gasteiger partial charge in [-0.2, -0.15) is 0 Å². The van der Waals surface area contributed by atoms with E-state index in [0.717, 1.165) is 36.1 Å². The highest BCUT2D eigenvalue weighted by Crippen LogP contribution is 2.32. The summed E-state index contributed by atoms with van der Waals surface area (Å²) in [6.45, 7) is 5.44. The van der Waals surface area contributed by atoms with Crippen LogP contribution in [-0.2, 0) is 25.0 Å². The molecule has 3 fully saturated rings. The van der Waals surface area contributed by atoms with Gasteiger partial charge in [0.25, 0.3) is 5.91 Å². The van der Waals surface area contributed by atoms with Crippen LogP contribution in [0.3, 0.4) is 0 Å². The smallest absolute Gasteiger partial charge is 0.325 e. The first-order valence-corrected chi connectivity index (χ1v) is 13.6. The van der Waals surface area contributed by atoms with Gasteiger partial charge in [-0.25, -0.2) is 13.2 Å². The molecule has 0 unspecified atom stereocenters. The fourth-order valence-corrected chi connectivity index (χ4v) is 7.05. The number of carbonyl (C=O) groups excluding carboxylic acids is 3. The van der Waals surface area contributed by atoms with Crippen molar-refractivity contribution in [3.63, 3.8) is 0 Å². The Balaban J connectivity index is 1.54. The van der Waals surface area contributed by atoms with Gasteiger partial charge in [-0.3, -0.25) is 14.5 Å². The third-order valence-electron chi connectivity index (χ3n) is 7.33. The van der Waals surface area contributed by atoms with Crippen molar-refractivity contribution in [3.8, 4) is 0 Å². The molecule has 3 aliphatic rings. The zero-order valence-corrected chi connectivity index (χ0v) is 20.4. The molecule has 1 aliphatic carbocycles. The van der Waals surface area contributed by atoms with Crippen LogP contribution < -0.4 is 5.32 Å². The first-order valence-electron chi connectivity index (χ1n) is 11.8. The fourth-order valence-electron chi connectivity index (χ4n) is 5.34. The maximum absolute atomic E-state index is 13.4. The molecule has 2 saturated heterocycles. The number of urea groups is 1. The molecule has 0 spiro atoms. The molecule has 1 aromatic carbocycles. The van der Waals surface area contributed by atoms with Crippen LogP contribution in [0.15, 0.2) is 24.3 Å². The Morgan fingerprint density at radius 3 is 2.30 bits per heavy atom. The van der Waals surface area contributed by atoms with Crippen molar-refractivity contribution in [2.24, 2.45) is 0 Å². The van der Waals surface area contributed by atoms with Crippen LogP contribution in [0.1, 0.15) is 69.9 Å². The van der Waals surface area contributed by atoms with E-state index in [2.05, 4.69) is 19.2 Å². The van der Waals surface area contributed by atoms with Crippen LogP contribution in [-0.4, -0.2) is 66.2 Å². The SMILES string of the molecule is CC(C)c1ccc([C@@]2(C)NC(=O)N(CC(=O)N(C3CCCC3)[C@@H]3CCS(=O)(=O)C3)C2=O)cc1. The first-order chi connectivity index (χ1) is 15.5. The van der Waals surface area contributed by atoms with Crippen LogP contribution >= 0.6 is 0 Å². The predicted octanol–water partition coefficient (Wildman–Crippen LogP) is 2.54. The number of benzene rings is 1. The number of rotatable bonds is 6. The van der Waals surface area contributed by atoms with Gasteiger partial charge in [0.2, 0.25) is 5.91 Å². The number of nitrogens with one attached hydrogen (secondary N) is 1. The molecular weight excluding hydrogens is 442 g/mol. The lowest BCUT2D eigenvalue weighted by Gasteiger charge is -2.35. The van der Waals surface area contributed by atoms with Gasteiger partial charge in [-0.1, -0.05) is 51.0 Å². The number of carbonyl (C=O) groups is 3. The molecule has 4 amide bonds. The average Bonchev–Trinajstić information content (AvgIpc) is 3.45. The van der Waals surface area contributed by atoms with Gasteiger partial charge in [0.05, 0.1) is 11.5 Å². The molecule has 1 aromatic rings. The Bertz CT molecular complexity index is 1050. The fraction of sp³-hybridized carbons (Fsp3) is 0.625. The number of hydrogen-bond acceptors (Lipinski definition) is 5. The molecule has 2 heterocycles. The molecule has 1 N–H and O–H groups in total. The Morgan fingerprint density at radius 2 is 1.76 bits per heavy atom. The molecule has 180 valence electrons. The number of imide groups is 1. The molecule has 2 aliphatic heterocycles. The van der Waals surface area contributed by atoms with Gasteiger partial charge in [-0.15, -0.1) is 0 Å². The van der Waals surface area contributed by atoms with Crippen LogP contribution in [0, 0.1) is 0 Å². The standard InChI is InChI=1S/C24H33N3O5S/c1-16(2)17-8-10-18(11-9-17)24(3)22(29)26(23(30)25-24)14-21(28)27(19-6-4-5-7-19)20-12-13-33(31,32)15-20/h8-11,16,19-20H,4-7,12-15H2,1-3H3,(H,25,30)/t20-,24-/m1/s1. The average molecular weight is 476 g/mol. The summed E-state index contributed by atoms with van der Waals surface area (Å²) >= 11 is 0. The second-order valence-electron chi connectivity index (χ2n) is 10.0. The Morgan fingerprint density at radius 1 is 1.12 bits per heavy atom. The van der Waals surface area contributed by atoms with Crippen molar-refractivity contribution in [3.05, 3.63) is 35.4 Å². The van der Waals surface area contributed by atoms with Crippen molar-refractivity contribution in [2.45, 2.75) is 76.4 Å². The van der Waals surface area contributed by atoms with Crippen LogP contribution in [0.4, 0.5) is 4.79 Å². The third-order valence-corrected chi connectivity index (χ3v) is 9.08. The molecule has 0 radical (unpaired) electrons. The Kier molecular flexibility index (Phi) is 6.28. The van der Waals surface area contributed by atoms with E-state index < -0.39 is 27.3 Å². The van der Waals surface area contributed by atoms with Crippen LogP contribution in [0.5, 0.6) is 0 Å². The van der Waals surface area contributed by atoms with E-state index in [1.807, 2.05) is 24.3 Å². The molecule has 8 nitrogen and oxygen atoms in total. The molecule has 4 rings (SSSR count). The summed E-state index contributed by atoms with van der Waals surface area (Å²) in [5.74, 6) is -0.455. The van der Waals surface area contributed by atoms with Crippen LogP contribution in [0.2, 0.25) is 0 Å². The topological polar surface area (TPSA) is 104 Å². The summed E-state index contributed by atoms with van der Waals surface area (Å²) in [6.07, 6.45) is 4.03. The Labute approximate surface area is 195 Å². The van der Waals surface area contributed by atoms with Gasteiger partial charge in [0, 0.05) is 12.1 Å². The van der Waals surface area contributed by atoms with Crippen molar-refractivity contribution in [1.82, 2.24) is 15.1 Å². The molecular formula is C24H33N3O5S. The third kappa shape index (κ3) is 4.52. The minimum absolute atomic E-state index is 0.0356. The lowest BCUT2D eigenvalue weighted by Crippen LogP contribution is -2.51. The van der Waals surface area contributed by atoms with E-state index in [0.29, 0.717) is 17.9 Å². The minimum atomic E-state index is -3.17. The van der Waals surface area contributed by atoms with Gasteiger partial charge in [-0.05, 0) is 43.2 Å². The molecule has 1 saturated carbocycles. The van der Waals surface area contributed by atoms with Gasteiger partial charge in [0.1, 0.15) is 12.1 Å². The molecule has 2 atom stereocenters. The summed E-state index contributed by atoms with van der Waals surface area (Å²) in [5, 5.41) is 2.76. The number of nitrogens with zero attached hydrogens (tertiary/aromatic N) is 2. The monoisotopic (exact) mass is 475 g/mol. The van der Waals surface area contributed by atoms with E-state index in [-0.39, 0.29) is 36.0 Å². The molecule has 0 aromatic heterocycles. The van der Waals surface area contributed by atoms with E-state index in [9.17, 15) is 22.8 Å². The van der Waals surface area contributed by atoms with Crippen molar-refractivity contribution >= 4 is 27.7 Å². The van der Waals surface area contributed by atoms with Crippen molar-refractivity contribution in [1.29, 1.82) is 0 Å². The maximum atomic E-state index is 13.4. The van der Waals surface area contributed by atoms with E-state index >= 15 is 0 Å². The van der Waals surface area contributed by atoms with E-state index in [1.165, 1.54) is 0 Å². The zero-order valence-electron chi connectivity index (χ0n) is 19.5. The molecule has 33 heavy (non-hydrogen) atoms. The normalized spacial score (nSPS) is 27.4. The largest absolute Gasteiger partial charge is 0.334 e. The first kappa shape index (κ1) is 23.7. The summed E-state index contributed by atoms with van der Waals surface area (Å²) in [5.41, 5.74) is 0.543. The van der Waals surface area contributed by atoms with Gasteiger partial charge in [0.15, 0.2) is 9.84 Å². The van der Waals surface area contributed by atoms with E-state index in [4.69, 9.17) is 0 Å². The quantitative estimate of drug-likeness (QED) is 0.637. The summed E-state index contributed by atoms with van der Waals surface area (Å²) in [6, 6.07) is 6.55. The maximum Gasteiger partial charge on any atom is 0.325 e. The van der Waals surface area contributed by atoms with Crippen molar-refractivity contribution < 1.29 is 22.8 Å². The highest BCUT2D eigenvalue weighted by atomic mass is 32.2. The second-order valence-corrected chi connectivity index (χ2v) is 12.2. The van der Waals surface area contributed by atoms with Gasteiger partial charge >= 0.3 is 6.03 Å². The van der Waals surface area contributed by atoms with Crippen LogP contribution in [0.25, 0.3) is 0 Å². The molecule has 9 heteroatoms. The number of sulfone groups is 1. The predicted molar refractivity (Wildman–Crippen MR) is 124 cm³/mol. The summed E-state index contributed by atoms with van der Waals surface area (Å²) in [4.78, 5) is 42.2. The van der Waals surface area contributed by atoms with E-state index in [1.54, 1.807) is 11.8 Å². The van der Waals surface area contributed by atoms with Gasteiger partial charge < -0.3 is 10.2 Å².